The quantitative estimate of drug-likeness (QED) is 0.493. The summed E-state index contributed by atoms with van der Waals surface area (Å²) in [6, 6.07) is 9.15. The van der Waals surface area contributed by atoms with Crippen LogP contribution in [0.4, 0.5) is 0 Å². The molecular weight excluding hydrogens is 504 g/mol. The van der Waals surface area contributed by atoms with Gasteiger partial charge in [-0.2, -0.15) is 0 Å². The molecule has 8 nitrogen and oxygen atoms in total. The van der Waals surface area contributed by atoms with Crippen LogP contribution >= 0.6 is 11.6 Å². The minimum absolute atomic E-state index is 0.00658. The van der Waals surface area contributed by atoms with Crippen molar-refractivity contribution in [1.29, 1.82) is 0 Å². The highest BCUT2D eigenvalue weighted by Crippen LogP contribution is 2.35. The molecule has 4 heterocycles. The number of carbonyl (C=O) groups is 4. The van der Waals surface area contributed by atoms with Gasteiger partial charge in [-0.25, -0.2) is 0 Å². The normalized spacial score (nSPS) is 20.3. The number of rotatable bonds is 3. The molecule has 2 N–H and O–H groups in total. The molecule has 38 heavy (non-hydrogen) atoms. The number of H-pyrrole nitrogens is 1. The fourth-order valence-corrected chi connectivity index (χ4v) is 6.31. The van der Waals surface area contributed by atoms with Crippen molar-refractivity contribution in [3.05, 3.63) is 68.9 Å². The second-order valence-electron chi connectivity index (χ2n) is 10.6. The first-order chi connectivity index (χ1) is 18.2. The largest absolute Gasteiger partial charge is 0.350 e. The van der Waals surface area contributed by atoms with Gasteiger partial charge in [-0.15, -0.1) is 0 Å². The van der Waals surface area contributed by atoms with Gasteiger partial charge >= 0.3 is 0 Å². The summed E-state index contributed by atoms with van der Waals surface area (Å²) >= 11 is 6.29. The van der Waals surface area contributed by atoms with Crippen LogP contribution in [0.15, 0.2) is 30.3 Å². The number of imide groups is 1. The molecule has 3 aliphatic heterocycles. The first-order valence-electron chi connectivity index (χ1n) is 13.1. The maximum Gasteiger partial charge on any atom is 0.270 e. The Morgan fingerprint density at radius 1 is 1.00 bits per heavy atom. The lowest BCUT2D eigenvalue weighted by Crippen LogP contribution is -2.52. The van der Waals surface area contributed by atoms with Crippen molar-refractivity contribution in [2.45, 2.75) is 58.0 Å². The number of nitrogens with one attached hydrogen (secondary N) is 2. The van der Waals surface area contributed by atoms with E-state index in [0.717, 1.165) is 46.0 Å². The molecule has 1 unspecified atom stereocenters. The van der Waals surface area contributed by atoms with Gasteiger partial charge in [-0.1, -0.05) is 29.8 Å². The lowest BCUT2D eigenvalue weighted by atomic mass is 9.87. The molecule has 9 heteroatoms. The minimum atomic E-state index is -0.613. The van der Waals surface area contributed by atoms with Gasteiger partial charge in [0, 0.05) is 42.0 Å². The molecule has 2 fully saturated rings. The molecule has 0 bridgehead atoms. The Morgan fingerprint density at radius 2 is 1.76 bits per heavy atom. The molecule has 0 spiro atoms. The number of piperidine rings is 2. The summed E-state index contributed by atoms with van der Waals surface area (Å²) in [6.45, 7) is 5.59. The van der Waals surface area contributed by atoms with Crippen LogP contribution in [0.3, 0.4) is 0 Å². The molecule has 4 amide bonds. The number of nitrogens with zero attached hydrogens (tertiary/aromatic N) is 2. The van der Waals surface area contributed by atoms with E-state index in [1.165, 1.54) is 0 Å². The van der Waals surface area contributed by atoms with Crippen LogP contribution in [0, 0.1) is 13.8 Å². The monoisotopic (exact) mass is 532 g/mol. The fourth-order valence-electron chi connectivity index (χ4n) is 6.15. The Balaban J connectivity index is 1.14. The van der Waals surface area contributed by atoms with Gasteiger partial charge in [-0.05, 0) is 73.4 Å². The van der Waals surface area contributed by atoms with Gasteiger partial charge in [0.2, 0.25) is 11.8 Å². The standard InChI is InChI=1S/C29H29ClN4O4/c1-15-20-5-6-22(30)16(2)25(20)32-26(15)29(38)33-11-9-17(10-12-33)18-3-4-21-19(13-18)14-34(28(21)37)23-7-8-24(35)31-27(23)36/h3-6,13,17,23,32H,7-12,14H2,1-2H3,(H,31,35,36). The number of hydrogen-bond donors (Lipinski definition) is 2. The first-order valence-corrected chi connectivity index (χ1v) is 13.4. The summed E-state index contributed by atoms with van der Waals surface area (Å²) in [5.41, 5.74) is 6.10. The Morgan fingerprint density at radius 3 is 2.50 bits per heavy atom. The zero-order valence-electron chi connectivity index (χ0n) is 21.4. The van der Waals surface area contributed by atoms with E-state index >= 15 is 0 Å². The molecule has 0 saturated carbocycles. The van der Waals surface area contributed by atoms with Crippen LogP contribution < -0.4 is 5.32 Å². The molecule has 2 saturated heterocycles. The Bertz CT molecular complexity index is 1520. The van der Waals surface area contributed by atoms with E-state index in [2.05, 4.69) is 16.4 Å². The van der Waals surface area contributed by atoms with Crippen molar-refractivity contribution >= 4 is 46.1 Å². The van der Waals surface area contributed by atoms with Gasteiger partial charge in [0.15, 0.2) is 0 Å². The third-order valence-corrected chi connectivity index (χ3v) is 8.85. The van der Waals surface area contributed by atoms with E-state index in [1.807, 2.05) is 43.0 Å². The van der Waals surface area contributed by atoms with Gasteiger partial charge in [-0.3, -0.25) is 24.5 Å². The van der Waals surface area contributed by atoms with E-state index in [0.29, 0.717) is 42.3 Å². The number of hydrogen-bond acceptors (Lipinski definition) is 4. The van der Waals surface area contributed by atoms with Crippen molar-refractivity contribution in [3.63, 3.8) is 0 Å². The summed E-state index contributed by atoms with van der Waals surface area (Å²) in [5, 5.41) is 4.04. The molecule has 0 radical (unpaired) electrons. The number of carbonyl (C=O) groups excluding carboxylic acids is 4. The van der Waals surface area contributed by atoms with Gasteiger partial charge in [0.25, 0.3) is 11.8 Å². The molecule has 196 valence electrons. The average Bonchev–Trinajstić information content (AvgIpc) is 3.42. The third-order valence-electron chi connectivity index (χ3n) is 8.44. The molecule has 1 atom stereocenters. The SMILES string of the molecule is Cc1c(C(=O)N2CCC(c3ccc4c(c3)CN(C3CCC(=O)NC3=O)C4=O)CC2)[nH]c2c(C)c(Cl)ccc12. The highest BCUT2D eigenvalue weighted by molar-refractivity contribution is 6.32. The molecule has 3 aromatic rings. The van der Waals surface area contributed by atoms with Crippen molar-refractivity contribution in [2.75, 3.05) is 13.1 Å². The van der Waals surface area contributed by atoms with Crippen LogP contribution in [0.25, 0.3) is 10.9 Å². The van der Waals surface area contributed by atoms with Crippen LogP contribution in [-0.4, -0.2) is 57.5 Å². The van der Waals surface area contributed by atoms with Crippen LogP contribution in [0.2, 0.25) is 5.02 Å². The van der Waals surface area contributed by atoms with E-state index in [1.54, 1.807) is 4.90 Å². The number of aromatic amines is 1. The van der Waals surface area contributed by atoms with E-state index in [4.69, 9.17) is 11.6 Å². The topological polar surface area (TPSA) is 103 Å². The predicted molar refractivity (Wildman–Crippen MR) is 143 cm³/mol. The van der Waals surface area contributed by atoms with E-state index in [9.17, 15) is 19.2 Å². The highest BCUT2D eigenvalue weighted by Gasteiger charge is 2.39. The fraction of sp³-hybridized carbons (Fsp3) is 0.379. The molecule has 2 aromatic carbocycles. The summed E-state index contributed by atoms with van der Waals surface area (Å²) in [4.78, 5) is 57.1. The number of likely N-dealkylation sites (tertiary alicyclic amines) is 1. The summed E-state index contributed by atoms with van der Waals surface area (Å²) < 4.78 is 0. The number of aryl methyl sites for hydroxylation is 2. The minimum Gasteiger partial charge on any atom is -0.350 e. The first kappa shape index (κ1) is 24.7. The van der Waals surface area contributed by atoms with Crippen molar-refractivity contribution in [1.82, 2.24) is 20.1 Å². The summed E-state index contributed by atoms with van der Waals surface area (Å²) in [5.74, 6) is -0.558. The number of halogens is 1. The summed E-state index contributed by atoms with van der Waals surface area (Å²) in [7, 11) is 0. The molecular formula is C29H29ClN4O4. The number of amides is 4. The van der Waals surface area contributed by atoms with Crippen molar-refractivity contribution in [2.24, 2.45) is 0 Å². The number of fused-ring (bicyclic) bond motifs is 2. The maximum absolute atomic E-state index is 13.4. The van der Waals surface area contributed by atoms with Crippen LogP contribution in [0.5, 0.6) is 0 Å². The third kappa shape index (κ3) is 3.98. The van der Waals surface area contributed by atoms with Gasteiger partial charge in [0.05, 0.1) is 5.52 Å². The van der Waals surface area contributed by atoms with E-state index < -0.39 is 11.9 Å². The smallest absolute Gasteiger partial charge is 0.270 e. The second kappa shape index (κ2) is 9.27. The summed E-state index contributed by atoms with van der Waals surface area (Å²) in [6.07, 6.45) is 2.26. The zero-order valence-corrected chi connectivity index (χ0v) is 22.2. The molecule has 3 aliphatic rings. The van der Waals surface area contributed by atoms with Crippen molar-refractivity contribution in [3.8, 4) is 0 Å². The van der Waals surface area contributed by atoms with Crippen LogP contribution in [-0.2, 0) is 16.1 Å². The Kier molecular flexibility index (Phi) is 6.02. The van der Waals surface area contributed by atoms with Gasteiger partial charge in [0.1, 0.15) is 11.7 Å². The lowest BCUT2D eigenvalue weighted by molar-refractivity contribution is -0.136. The van der Waals surface area contributed by atoms with Gasteiger partial charge < -0.3 is 14.8 Å². The predicted octanol–water partition coefficient (Wildman–Crippen LogP) is 4.22. The Hall–Kier alpha value is -3.65. The molecule has 0 aliphatic carbocycles. The maximum atomic E-state index is 13.4. The zero-order chi connectivity index (χ0) is 26.7. The van der Waals surface area contributed by atoms with Crippen molar-refractivity contribution < 1.29 is 19.2 Å². The second-order valence-corrected chi connectivity index (χ2v) is 11.0. The lowest BCUT2D eigenvalue weighted by Gasteiger charge is -2.32. The Labute approximate surface area is 225 Å². The number of benzene rings is 2. The highest BCUT2D eigenvalue weighted by atomic mass is 35.5. The average molecular weight is 533 g/mol. The number of aromatic nitrogens is 1. The van der Waals surface area contributed by atoms with Crippen LogP contribution in [0.1, 0.15) is 74.7 Å². The molecule has 6 rings (SSSR count). The molecule has 1 aromatic heterocycles. The van der Waals surface area contributed by atoms with E-state index in [-0.39, 0.29) is 30.1 Å².